The van der Waals surface area contributed by atoms with Gasteiger partial charge in [0, 0.05) is 58.2 Å². The summed E-state index contributed by atoms with van der Waals surface area (Å²) in [6.07, 6.45) is 1.51. The van der Waals surface area contributed by atoms with Crippen molar-refractivity contribution in [2.45, 2.75) is 100 Å². The molecule has 1 aliphatic carbocycles. The Morgan fingerprint density at radius 2 is 1.78 bits per heavy atom. The lowest BCUT2D eigenvalue weighted by Gasteiger charge is -2.53. The number of nitrogens with one attached hydrogen (secondary N) is 2. The fourth-order valence-corrected chi connectivity index (χ4v) is 7.98. The molecule has 12 heteroatoms. The van der Waals surface area contributed by atoms with Crippen LogP contribution in [0, 0.1) is 11.8 Å². The van der Waals surface area contributed by atoms with E-state index in [-0.39, 0.29) is 30.2 Å². The number of likely N-dealkylation sites (tertiary alicyclic amines) is 2. The summed E-state index contributed by atoms with van der Waals surface area (Å²) >= 11 is 6.35. The Balaban J connectivity index is 1.22. The minimum absolute atomic E-state index is 0.0733. The highest BCUT2D eigenvalue weighted by atomic mass is 35.5. The first-order valence-electron chi connectivity index (χ1n) is 13.8. The predicted octanol–water partition coefficient (Wildman–Crippen LogP) is 2.34. The number of piperidine rings is 1. The SMILES string of the molecule is CC(=O)N1CC[C@H](C(=O)N(C)[C@@H](C2CCC(N3CCCC4C3CNC3CC(Cl)NN34)CC2)C(F)(F)F)C1. The third-order valence-electron chi connectivity index (χ3n) is 9.50. The van der Waals surface area contributed by atoms with Gasteiger partial charge in [0.1, 0.15) is 6.04 Å². The number of carbonyl (C=O) groups excluding carboxylic acids is 2. The zero-order valence-electron chi connectivity index (χ0n) is 21.7. The second kappa shape index (κ2) is 10.8. The predicted molar refractivity (Wildman–Crippen MR) is 133 cm³/mol. The molecular weight excluding hydrogens is 509 g/mol. The van der Waals surface area contributed by atoms with E-state index in [0.29, 0.717) is 50.7 Å². The van der Waals surface area contributed by atoms with Gasteiger partial charge in [0.2, 0.25) is 11.8 Å². The smallest absolute Gasteiger partial charge is 0.342 e. The van der Waals surface area contributed by atoms with Crippen molar-refractivity contribution in [1.82, 2.24) is 30.5 Å². The summed E-state index contributed by atoms with van der Waals surface area (Å²) < 4.78 is 43.0. The highest BCUT2D eigenvalue weighted by Crippen LogP contribution is 2.41. The number of fused-ring (bicyclic) bond motifs is 3. The van der Waals surface area contributed by atoms with Crippen LogP contribution in [0.5, 0.6) is 0 Å². The molecule has 0 spiro atoms. The van der Waals surface area contributed by atoms with Crippen molar-refractivity contribution in [3.8, 4) is 0 Å². The van der Waals surface area contributed by atoms with Crippen LogP contribution >= 0.6 is 11.6 Å². The average molecular weight is 549 g/mol. The Bertz CT molecular complexity index is 857. The van der Waals surface area contributed by atoms with Gasteiger partial charge in [0.15, 0.2) is 0 Å². The van der Waals surface area contributed by atoms with Crippen LogP contribution in [0.4, 0.5) is 13.2 Å². The highest BCUT2D eigenvalue weighted by Gasteiger charge is 2.52. The minimum Gasteiger partial charge on any atom is -0.342 e. The molecule has 5 fully saturated rings. The lowest BCUT2D eigenvalue weighted by atomic mass is 9.78. The lowest BCUT2D eigenvalue weighted by Crippen LogP contribution is -2.70. The number of carbonyl (C=O) groups is 2. The average Bonchev–Trinajstić information content (AvgIpc) is 3.49. The molecule has 37 heavy (non-hydrogen) atoms. The van der Waals surface area contributed by atoms with Gasteiger partial charge in [-0.1, -0.05) is 0 Å². The van der Waals surface area contributed by atoms with E-state index in [1.54, 1.807) is 4.90 Å². The maximum atomic E-state index is 14.3. The summed E-state index contributed by atoms with van der Waals surface area (Å²) in [6, 6.07) is -0.858. The number of nitrogens with zero attached hydrogens (tertiary/aromatic N) is 4. The van der Waals surface area contributed by atoms with Crippen LogP contribution in [0.3, 0.4) is 0 Å². The van der Waals surface area contributed by atoms with Gasteiger partial charge in [-0.2, -0.15) is 13.2 Å². The fraction of sp³-hybridized carbons (Fsp3) is 0.920. The van der Waals surface area contributed by atoms with Gasteiger partial charge in [-0.05, 0) is 57.4 Å². The summed E-state index contributed by atoms with van der Waals surface area (Å²) in [5.41, 5.74) is 3.32. The first kappa shape index (κ1) is 27.4. The molecule has 4 heterocycles. The van der Waals surface area contributed by atoms with Gasteiger partial charge >= 0.3 is 6.18 Å². The van der Waals surface area contributed by atoms with E-state index in [2.05, 4.69) is 20.7 Å². The largest absolute Gasteiger partial charge is 0.409 e. The quantitative estimate of drug-likeness (QED) is 0.415. The minimum atomic E-state index is -4.49. The van der Waals surface area contributed by atoms with Crippen molar-refractivity contribution in [1.29, 1.82) is 0 Å². The van der Waals surface area contributed by atoms with Crippen molar-refractivity contribution >= 4 is 23.4 Å². The van der Waals surface area contributed by atoms with E-state index >= 15 is 0 Å². The summed E-state index contributed by atoms with van der Waals surface area (Å²) in [7, 11) is 1.30. The molecule has 2 N–H and O–H groups in total. The Labute approximate surface area is 222 Å². The van der Waals surface area contributed by atoms with E-state index in [4.69, 9.17) is 11.6 Å². The molecule has 2 amide bonds. The van der Waals surface area contributed by atoms with Crippen LogP contribution in [-0.2, 0) is 9.59 Å². The van der Waals surface area contributed by atoms with Gasteiger partial charge < -0.3 is 9.80 Å². The topological polar surface area (TPSA) is 71.2 Å². The van der Waals surface area contributed by atoms with Crippen molar-refractivity contribution in [3.05, 3.63) is 0 Å². The summed E-state index contributed by atoms with van der Waals surface area (Å²) in [5.74, 6) is -1.81. The van der Waals surface area contributed by atoms with Crippen molar-refractivity contribution in [2.75, 3.05) is 33.2 Å². The molecule has 4 saturated heterocycles. The third kappa shape index (κ3) is 5.48. The Kier molecular flexibility index (Phi) is 8.00. The summed E-state index contributed by atoms with van der Waals surface area (Å²) in [4.78, 5) is 29.7. The van der Waals surface area contributed by atoms with Gasteiger partial charge in [-0.15, -0.1) is 11.6 Å². The Hall–Kier alpha value is -1.14. The molecule has 4 aliphatic heterocycles. The molecule has 0 aromatic carbocycles. The van der Waals surface area contributed by atoms with Crippen LogP contribution < -0.4 is 10.7 Å². The van der Waals surface area contributed by atoms with E-state index in [9.17, 15) is 22.8 Å². The van der Waals surface area contributed by atoms with Crippen molar-refractivity contribution in [3.63, 3.8) is 0 Å². The van der Waals surface area contributed by atoms with Crippen LogP contribution in [0.2, 0.25) is 0 Å². The standard InChI is InChI=1S/C25H40ClF3N6O2/c1-15(36)33-11-9-17(14-33)24(37)32(2)23(25(27,28)29)16-5-7-18(8-6-16)34-10-3-4-19-20(34)13-30-22-12-21(26)31-35(19)22/h16-23,30-31H,3-14H2,1-2H3/t16?,17-,18?,19?,20?,21?,22?,23-/m0/s1. The molecule has 6 atom stereocenters. The first-order chi connectivity index (χ1) is 17.5. The van der Waals surface area contributed by atoms with Crippen LogP contribution in [0.25, 0.3) is 0 Å². The number of hydrogen-bond acceptors (Lipinski definition) is 6. The molecule has 4 unspecified atom stereocenters. The Morgan fingerprint density at radius 3 is 2.43 bits per heavy atom. The summed E-state index contributed by atoms with van der Waals surface area (Å²) in [6.45, 7) is 3.90. The number of rotatable bonds is 4. The van der Waals surface area contributed by atoms with E-state index in [0.717, 1.165) is 37.3 Å². The maximum Gasteiger partial charge on any atom is 0.409 e. The van der Waals surface area contributed by atoms with Crippen LogP contribution in [0.15, 0.2) is 0 Å². The molecule has 0 radical (unpaired) electrons. The molecular formula is C25H40ClF3N6O2. The van der Waals surface area contributed by atoms with Gasteiger partial charge in [0.05, 0.1) is 17.6 Å². The zero-order valence-corrected chi connectivity index (χ0v) is 22.5. The molecule has 0 aromatic heterocycles. The number of halogens is 4. The molecule has 0 bridgehead atoms. The van der Waals surface area contributed by atoms with Gasteiger partial charge in [-0.3, -0.25) is 19.8 Å². The number of alkyl halides is 4. The molecule has 0 aromatic rings. The van der Waals surface area contributed by atoms with E-state index in [1.165, 1.54) is 14.0 Å². The summed E-state index contributed by atoms with van der Waals surface area (Å²) in [5, 5.41) is 5.89. The van der Waals surface area contributed by atoms with E-state index < -0.39 is 30.0 Å². The normalized spacial score (nSPS) is 38.2. The fourth-order valence-electron chi connectivity index (χ4n) is 7.70. The van der Waals surface area contributed by atoms with Crippen LogP contribution in [0.1, 0.15) is 58.3 Å². The van der Waals surface area contributed by atoms with Gasteiger partial charge in [-0.25, -0.2) is 10.4 Å². The van der Waals surface area contributed by atoms with Gasteiger partial charge in [0.25, 0.3) is 0 Å². The molecule has 5 aliphatic rings. The third-order valence-corrected chi connectivity index (χ3v) is 9.78. The maximum absolute atomic E-state index is 14.3. The second-order valence-electron chi connectivity index (χ2n) is 11.6. The lowest BCUT2D eigenvalue weighted by molar-refractivity contribution is -0.203. The van der Waals surface area contributed by atoms with Crippen LogP contribution in [-0.4, -0.2) is 107 Å². The van der Waals surface area contributed by atoms with Crippen molar-refractivity contribution in [2.24, 2.45) is 11.8 Å². The second-order valence-corrected chi connectivity index (χ2v) is 12.2. The first-order valence-corrected chi connectivity index (χ1v) is 14.2. The number of hydrogen-bond donors (Lipinski definition) is 2. The monoisotopic (exact) mass is 548 g/mol. The molecule has 8 nitrogen and oxygen atoms in total. The number of hydrazine groups is 1. The highest BCUT2D eigenvalue weighted by molar-refractivity contribution is 6.20. The van der Waals surface area contributed by atoms with E-state index in [1.807, 2.05) is 0 Å². The van der Waals surface area contributed by atoms with Crippen molar-refractivity contribution < 1.29 is 22.8 Å². The Morgan fingerprint density at radius 1 is 1.05 bits per heavy atom. The zero-order chi connectivity index (χ0) is 26.5. The molecule has 210 valence electrons. The number of amides is 2. The molecule has 5 rings (SSSR count). The molecule has 1 saturated carbocycles.